The van der Waals surface area contributed by atoms with Crippen LogP contribution in [0.4, 0.5) is 5.82 Å². The van der Waals surface area contributed by atoms with E-state index in [4.69, 9.17) is 15.7 Å². The van der Waals surface area contributed by atoms with Crippen LogP contribution in [-0.2, 0) is 30.6 Å². The van der Waals surface area contributed by atoms with Gasteiger partial charge in [-0.25, -0.2) is 14.3 Å². The molecule has 1 saturated heterocycles. The third kappa shape index (κ3) is 5.12. The van der Waals surface area contributed by atoms with Gasteiger partial charge in [-0.2, -0.15) is 0 Å². The maximum atomic E-state index is 13.0. The first-order valence-electron chi connectivity index (χ1n) is 10.5. The van der Waals surface area contributed by atoms with Crippen molar-refractivity contribution in [1.82, 2.24) is 15.2 Å². The molecule has 186 valence electrons. The molecule has 4 N–H and O–H groups in total. The molecule has 0 radical (unpaired) electrons. The Balaban J connectivity index is 1.54. The molecule has 0 bridgehead atoms. The number of hydrogen-bond acceptors (Lipinski definition) is 10. The SMILES string of the molecule is Nc1cccc(C(=NOCC(=O)O)C(=O)NC2C(=O)N3C(C(=O)[O-])=C(C[n+]4ccccc4)CS[C@H]23)n1. The van der Waals surface area contributed by atoms with Crippen LogP contribution in [0, 0.1) is 0 Å². The van der Waals surface area contributed by atoms with Crippen LogP contribution in [-0.4, -0.2) is 68.2 Å². The van der Waals surface area contributed by atoms with E-state index >= 15 is 0 Å². The summed E-state index contributed by atoms with van der Waals surface area (Å²) in [7, 11) is 0. The van der Waals surface area contributed by atoms with Gasteiger partial charge in [0.25, 0.3) is 11.8 Å². The molecule has 4 rings (SSSR count). The summed E-state index contributed by atoms with van der Waals surface area (Å²) in [5.41, 5.74) is 5.55. The van der Waals surface area contributed by atoms with Crippen LogP contribution in [0.25, 0.3) is 0 Å². The van der Waals surface area contributed by atoms with Crippen LogP contribution < -0.4 is 20.7 Å². The molecular weight excluding hydrogens is 492 g/mol. The fourth-order valence-electron chi connectivity index (χ4n) is 3.70. The van der Waals surface area contributed by atoms with E-state index in [0.717, 1.165) is 4.90 Å². The van der Waals surface area contributed by atoms with Crippen molar-refractivity contribution in [3.63, 3.8) is 0 Å². The van der Waals surface area contributed by atoms with E-state index < -0.39 is 47.5 Å². The number of carboxylic acids is 2. The Kier molecular flexibility index (Phi) is 7.15. The van der Waals surface area contributed by atoms with E-state index in [9.17, 15) is 24.3 Å². The maximum Gasteiger partial charge on any atom is 0.344 e. The summed E-state index contributed by atoms with van der Waals surface area (Å²) in [5.74, 6) is -3.94. The van der Waals surface area contributed by atoms with Crippen LogP contribution >= 0.6 is 11.8 Å². The number of aromatic nitrogens is 2. The fraction of sp³-hybridized carbons (Fsp3) is 0.227. The lowest BCUT2D eigenvalue weighted by Gasteiger charge is -2.50. The van der Waals surface area contributed by atoms with Crippen molar-refractivity contribution in [2.45, 2.75) is 18.0 Å². The zero-order valence-electron chi connectivity index (χ0n) is 18.6. The number of rotatable bonds is 9. The Labute approximate surface area is 208 Å². The highest BCUT2D eigenvalue weighted by Crippen LogP contribution is 2.40. The topological polar surface area (TPSA) is 191 Å². The van der Waals surface area contributed by atoms with E-state index in [1.54, 1.807) is 29.1 Å². The smallest absolute Gasteiger partial charge is 0.344 e. The number of aliphatic carboxylic acids is 2. The van der Waals surface area contributed by atoms with Crippen LogP contribution in [0.2, 0.25) is 0 Å². The summed E-state index contributed by atoms with van der Waals surface area (Å²) >= 11 is 1.29. The quantitative estimate of drug-likeness (QED) is 0.145. The second-order valence-corrected chi connectivity index (χ2v) is 8.81. The summed E-state index contributed by atoms with van der Waals surface area (Å²) in [6.45, 7) is -0.556. The highest BCUT2D eigenvalue weighted by Gasteiger charge is 2.53. The monoisotopic (exact) mass is 512 g/mol. The van der Waals surface area contributed by atoms with E-state index in [0.29, 0.717) is 11.3 Å². The molecule has 2 aliphatic rings. The number of hydrogen-bond donors (Lipinski definition) is 3. The predicted molar refractivity (Wildman–Crippen MR) is 122 cm³/mol. The number of anilines is 1. The molecule has 14 heteroatoms. The van der Waals surface area contributed by atoms with Gasteiger partial charge < -0.3 is 30.9 Å². The molecule has 0 spiro atoms. The minimum Gasteiger partial charge on any atom is -0.543 e. The number of fused-ring (bicyclic) bond motifs is 1. The molecule has 1 unspecified atom stereocenters. The predicted octanol–water partition coefficient (Wildman–Crippen LogP) is -2.14. The van der Waals surface area contributed by atoms with Crippen molar-refractivity contribution < 1.29 is 38.8 Å². The summed E-state index contributed by atoms with van der Waals surface area (Å²) in [4.78, 5) is 58.5. The normalized spacial score (nSPS) is 19.3. The van der Waals surface area contributed by atoms with Crippen molar-refractivity contribution in [2.24, 2.45) is 5.16 Å². The summed E-state index contributed by atoms with van der Waals surface area (Å²) in [6, 6.07) is 8.75. The van der Waals surface area contributed by atoms with Crippen molar-refractivity contribution in [3.8, 4) is 0 Å². The van der Waals surface area contributed by atoms with Gasteiger partial charge in [0.2, 0.25) is 6.61 Å². The molecule has 13 nitrogen and oxygen atoms in total. The van der Waals surface area contributed by atoms with Gasteiger partial charge in [-0.15, -0.1) is 11.8 Å². The van der Waals surface area contributed by atoms with E-state index in [1.807, 2.05) is 6.07 Å². The summed E-state index contributed by atoms with van der Waals surface area (Å²) < 4.78 is 1.78. The molecule has 2 aromatic rings. The average Bonchev–Trinajstić information content (AvgIpc) is 2.85. The number of nitrogen functional groups attached to an aromatic ring is 1. The van der Waals surface area contributed by atoms with E-state index in [-0.39, 0.29) is 23.8 Å². The Morgan fingerprint density at radius 1 is 1.28 bits per heavy atom. The largest absolute Gasteiger partial charge is 0.543 e. The Bertz CT molecular complexity index is 1280. The first-order chi connectivity index (χ1) is 17.3. The van der Waals surface area contributed by atoms with Crippen molar-refractivity contribution in [2.75, 3.05) is 18.1 Å². The van der Waals surface area contributed by atoms with Gasteiger partial charge in [0.15, 0.2) is 24.7 Å². The lowest BCUT2D eigenvalue weighted by atomic mass is 10.0. The lowest BCUT2D eigenvalue weighted by Crippen LogP contribution is -2.71. The zero-order valence-corrected chi connectivity index (χ0v) is 19.4. The minimum absolute atomic E-state index is 0.00434. The van der Waals surface area contributed by atoms with Gasteiger partial charge in [-0.3, -0.25) is 14.5 Å². The zero-order chi connectivity index (χ0) is 25.8. The number of nitrogens with zero attached hydrogens (tertiary/aromatic N) is 4. The number of nitrogens with one attached hydrogen (secondary N) is 1. The second-order valence-electron chi connectivity index (χ2n) is 7.70. The molecule has 2 aliphatic heterocycles. The number of nitrogens with two attached hydrogens (primary N) is 1. The van der Waals surface area contributed by atoms with Gasteiger partial charge >= 0.3 is 5.97 Å². The number of pyridine rings is 2. The molecular formula is C22H20N6O7S. The number of amides is 2. The number of oxime groups is 1. The van der Waals surface area contributed by atoms with Gasteiger partial charge in [-0.1, -0.05) is 17.3 Å². The molecule has 0 aromatic carbocycles. The molecule has 0 saturated carbocycles. The highest BCUT2D eigenvalue weighted by molar-refractivity contribution is 8.00. The maximum absolute atomic E-state index is 13.0. The van der Waals surface area contributed by atoms with Crippen molar-refractivity contribution in [1.29, 1.82) is 0 Å². The van der Waals surface area contributed by atoms with Crippen LogP contribution in [0.15, 0.2) is 65.2 Å². The highest BCUT2D eigenvalue weighted by atomic mass is 32.2. The molecule has 36 heavy (non-hydrogen) atoms. The number of thioether (sulfide) groups is 1. The summed E-state index contributed by atoms with van der Waals surface area (Å²) in [6.07, 6.45) is 3.55. The average molecular weight is 513 g/mol. The molecule has 1 fully saturated rings. The molecule has 2 amide bonds. The van der Waals surface area contributed by atoms with Crippen molar-refractivity contribution >= 4 is 47.0 Å². The lowest BCUT2D eigenvalue weighted by molar-refractivity contribution is -0.689. The third-order valence-electron chi connectivity index (χ3n) is 5.25. The number of carbonyl (C=O) groups is 4. The van der Waals surface area contributed by atoms with Crippen LogP contribution in [0.5, 0.6) is 0 Å². The van der Waals surface area contributed by atoms with Gasteiger partial charge in [0.1, 0.15) is 22.9 Å². The number of carbonyl (C=O) groups excluding carboxylic acids is 3. The molecule has 4 heterocycles. The third-order valence-corrected chi connectivity index (χ3v) is 6.59. The molecule has 2 atom stereocenters. The van der Waals surface area contributed by atoms with Gasteiger partial charge in [0.05, 0.1) is 11.7 Å². The Morgan fingerprint density at radius 2 is 2.03 bits per heavy atom. The van der Waals surface area contributed by atoms with Crippen molar-refractivity contribution in [3.05, 3.63) is 65.8 Å². The standard InChI is InChI=1S/C22H20N6O7S/c23-14-6-4-5-13(24-14)16(26-35-10-15(29)30)19(31)25-17-20(32)28-18(22(33)34)12(11-36-21(17)28)9-27-7-2-1-3-8-27/h1-8,17,21H,9-11H2,(H4-,23,24,25,29,30,31,33,34)/t17?,21-/m1/s1. The molecule has 2 aromatic heterocycles. The second kappa shape index (κ2) is 10.4. The number of carboxylic acid groups (broad SMARTS) is 2. The van der Waals surface area contributed by atoms with Gasteiger partial charge in [-0.05, 0) is 12.1 Å². The van der Waals surface area contributed by atoms with Gasteiger partial charge in [0, 0.05) is 23.5 Å². The fourth-order valence-corrected chi connectivity index (χ4v) is 5.04. The minimum atomic E-state index is -1.49. The van der Waals surface area contributed by atoms with E-state index in [1.165, 1.54) is 30.0 Å². The first-order valence-corrected chi connectivity index (χ1v) is 11.6. The van der Waals surface area contributed by atoms with E-state index in [2.05, 4.69) is 15.5 Å². The Hall–Kier alpha value is -4.46. The molecule has 0 aliphatic carbocycles. The summed E-state index contributed by atoms with van der Waals surface area (Å²) in [5, 5.41) is 26.1. The Morgan fingerprint density at radius 3 is 2.69 bits per heavy atom. The first kappa shape index (κ1) is 24.7. The number of β-lactam (4-membered cyclic amide) rings is 1. The van der Waals surface area contributed by atoms with Crippen LogP contribution in [0.3, 0.4) is 0 Å². The van der Waals surface area contributed by atoms with Crippen LogP contribution in [0.1, 0.15) is 5.69 Å².